The Hall–Kier alpha value is -1.59. The fraction of sp³-hybridized carbons (Fsp3) is 0.400. The first kappa shape index (κ1) is 14.8. The lowest BCUT2D eigenvalue weighted by molar-refractivity contribution is 0.0368. The third-order valence-electron chi connectivity index (χ3n) is 2.95. The van der Waals surface area contributed by atoms with Crippen LogP contribution in [0.5, 0.6) is 0 Å². The lowest BCUT2D eigenvalue weighted by atomic mass is 10.1. The Morgan fingerprint density at radius 2 is 2.10 bits per heavy atom. The smallest absolute Gasteiger partial charge is 0.255 e. The highest BCUT2D eigenvalue weighted by atomic mass is 32.1. The molecule has 0 fully saturated rings. The number of thiophene rings is 1. The van der Waals surface area contributed by atoms with Crippen molar-refractivity contribution >= 4 is 17.2 Å². The zero-order chi connectivity index (χ0) is 14.9. The molecule has 0 aliphatic carbocycles. The van der Waals surface area contributed by atoms with Crippen LogP contribution < -0.4 is 0 Å². The predicted molar refractivity (Wildman–Crippen MR) is 82.1 cm³/mol. The number of hydrogen-bond acceptors (Lipinski definition) is 3. The summed E-state index contributed by atoms with van der Waals surface area (Å²) >= 11 is 1.66. The first-order valence-corrected chi connectivity index (χ1v) is 7.31. The minimum atomic E-state index is -0.902. The highest BCUT2D eigenvalue weighted by Gasteiger charge is 2.23. The van der Waals surface area contributed by atoms with Gasteiger partial charge in [0.1, 0.15) is 0 Å². The third-order valence-corrected chi connectivity index (χ3v) is 3.99. The van der Waals surface area contributed by atoms with E-state index in [2.05, 4.69) is 4.98 Å². The summed E-state index contributed by atoms with van der Waals surface area (Å²) in [4.78, 5) is 19.3. The van der Waals surface area contributed by atoms with E-state index < -0.39 is 5.60 Å². The largest absolute Gasteiger partial charge is 0.389 e. The summed E-state index contributed by atoms with van der Waals surface area (Å²) in [6, 6.07) is 4.07. The number of nitrogens with one attached hydrogen (secondary N) is 1. The molecule has 0 bridgehead atoms. The van der Waals surface area contributed by atoms with Crippen molar-refractivity contribution in [3.8, 4) is 10.4 Å². The van der Waals surface area contributed by atoms with Gasteiger partial charge in [-0.25, -0.2) is 0 Å². The molecule has 1 amide bonds. The topological polar surface area (TPSA) is 56.3 Å². The molecule has 108 valence electrons. The van der Waals surface area contributed by atoms with Crippen LogP contribution in [-0.4, -0.2) is 40.1 Å². The summed E-state index contributed by atoms with van der Waals surface area (Å²) in [5.41, 5.74) is 0.648. The number of aryl methyl sites for hydroxylation is 1. The van der Waals surface area contributed by atoms with Crippen molar-refractivity contribution in [3.05, 3.63) is 35.0 Å². The molecule has 0 aliphatic heterocycles. The lowest BCUT2D eigenvalue weighted by Crippen LogP contribution is -2.39. The molecule has 2 N–H and O–H groups in total. The Balaban J connectivity index is 2.26. The third kappa shape index (κ3) is 3.29. The van der Waals surface area contributed by atoms with E-state index in [0.29, 0.717) is 12.1 Å². The number of aromatic nitrogens is 1. The van der Waals surface area contributed by atoms with E-state index in [-0.39, 0.29) is 5.91 Å². The van der Waals surface area contributed by atoms with Crippen molar-refractivity contribution in [2.75, 3.05) is 13.6 Å². The SMILES string of the molecule is Cc1ccc(-c2c[nH]cc2C(=O)N(C)CC(C)(C)O)s1. The van der Waals surface area contributed by atoms with Gasteiger partial charge in [-0.3, -0.25) is 4.79 Å². The van der Waals surface area contributed by atoms with Gasteiger partial charge in [0.15, 0.2) is 0 Å². The normalized spacial score (nSPS) is 11.7. The van der Waals surface area contributed by atoms with E-state index in [4.69, 9.17) is 0 Å². The Labute approximate surface area is 123 Å². The number of H-pyrrole nitrogens is 1. The lowest BCUT2D eigenvalue weighted by Gasteiger charge is -2.25. The van der Waals surface area contributed by atoms with Gasteiger partial charge >= 0.3 is 0 Å². The molecule has 0 atom stereocenters. The second-order valence-electron chi connectivity index (χ2n) is 5.67. The standard InChI is InChI=1S/C15H20N2O2S/c1-10-5-6-13(20-10)11-7-16-8-12(11)14(18)17(4)9-15(2,3)19/h5-8,16,19H,9H2,1-4H3. The average Bonchev–Trinajstić information content (AvgIpc) is 2.93. The highest BCUT2D eigenvalue weighted by molar-refractivity contribution is 7.15. The molecule has 2 rings (SSSR count). The quantitative estimate of drug-likeness (QED) is 0.910. The van der Waals surface area contributed by atoms with Crippen molar-refractivity contribution in [1.82, 2.24) is 9.88 Å². The maximum atomic E-state index is 12.5. The van der Waals surface area contributed by atoms with Gasteiger partial charge in [-0.2, -0.15) is 0 Å². The van der Waals surface area contributed by atoms with Crippen LogP contribution >= 0.6 is 11.3 Å². The number of carbonyl (C=O) groups is 1. The molecule has 0 aromatic carbocycles. The van der Waals surface area contributed by atoms with Gasteiger partial charge in [0.2, 0.25) is 0 Å². The first-order chi connectivity index (χ1) is 9.28. The average molecular weight is 292 g/mol. The maximum absolute atomic E-state index is 12.5. The number of likely N-dealkylation sites (N-methyl/N-ethyl adjacent to an activating group) is 1. The van der Waals surface area contributed by atoms with E-state index >= 15 is 0 Å². The van der Waals surface area contributed by atoms with Crippen LogP contribution in [0.3, 0.4) is 0 Å². The van der Waals surface area contributed by atoms with Crippen LogP contribution in [-0.2, 0) is 0 Å². The summed E-state index contributed by atoms with van der Waals surface area (Å²) < 4.78 is 0. The minimum Gasteiger partial charge on any atom is -0.389 e. The number of amides is 1. The maximum Gasteiger partial charge on any atom is 0.255 e. The molecule has 20 heavy (non-hydrogen) atoms. The molecular weight excluding hydrogens is 272 g/mol. The van der Waals surface area contributed by atoms with E-state index in [1.807, 2.05) is 25.3 Å². The van der Waals surface area contributed by atoms with E-state index in [1.165, 1.54) is 4.88 Å². The van der Waals surface area contributed by atoms with Gasteiger partial charge in [0.05, 0.1) is 11.2 Å². The van der Waals surface area contributed by atoms with Crippen LogP contribution in [0.25, 0.3) is 10.4 Å². The summed E-state index contributed by atoms with van der Waals surface area (Å²) in [7, 11) is 1.71. The predicted octanol–water partition coefficient (Wildman–Crippen LogP) is 2.89. The van der Waals surface area contributed by atoms with Crippen molar-refractivity contribution in [2.45, 2.75) is 26.4 Å². The Bertz CT molecular complexity index is 607. The van der Waals surface area contributed by atoms with Crippen LogP contribution in [0.1, 0.15) is 29.1 Å². The van der Waals surface area contributed by atoms with Crippen LogP contribution in [0.4, 0.5) is 0 Å². The van der Waals surface area contributed by atoms with E-state index in [9.17, 15) is 9.90 Å². The number of rotatable bonds is 4. The molecule has 2 aromatic heterocycles. The van der Waals surface area contributed by atoms with Gasteiger partial charge in [-0.05, 0) is 32.9 Å². The van der Waals surface area contributed by atoms with Gasteiger partial charge in [-0.15, -0.1) is 11.3 Å². The van der Waals surface area contributed by atoms with E-state index in [0.717, 1.165) is 10.4 Å². The summed E-state index contributed by atoms with van der Waals surface area (Å²) in [5.74, 6) is -0.0885. The van der Waals surface area contributed by atoms with Crippen LogP contribution in [0.15, 0.2) is 24.5 Å². The molecule has 0 radical (unpaired) electrons. The molecular formula is C15H20N2O2S. The number of aliphatic hydroxyl groups is 1. The Morgan fingerprint density at radius 1 is 1.40 bits per heavy atom. The van der Waals surface area contributed by atoms with Crippen molar-refractivity contribution in [1.29, 1.82) is 0 Å². The van der Waals surface area contributed by atoms with Gasteiger partial charge < -0.3 is 15.0 Å². The number of hydrogen-bond donors (Lipinski definition) is 2. The monoisotopic (exact) mass is 292 g/mol. The summed E-state index contributed by atoms with van der Waals surface area (Å²) in [6.07, 6.45) is 3.56. The minimum absolute atomic E-state index is 0.0885. The first-order valence-electron chi connectivity index (χ1n) is 6.49. The van der Waals surface area contributed by atoms with E-state index in [1.54, 1.807) is 43.3 Å². The molecule has 0 spiro atoms. The molecule has 0 unspecified atom stereocenters. The molecule has 0 saturated heterocycles. The van der Waals surface area contributed by atoms with Gasteiger partial charge in [-0.1, -0.05) is 0 Å². The molecule has 2 heterocycles. The molecule has 0 saturated carbocycles. The number of aromatic amines is 1. The second kappa shape index (κ2) is 5.42. The molecule has 5 heteroatoms. The Kier molecular flexibility index (Phi) is 4.01. The van der Waals surface area contributed by atoms with Gasteiger partial charge in [0.25, 0.3) is 5.91 Å². The Morgan fingerprint density at radius 3 is 2.65 bits per heavy atom. The number of nitrogens with zero attached hydrogens (tertiary/aromatic N) is 1. The summed E-state index contributed by atoms with van der Waals surface area (Å²) in [6.45, 7) is 5.72. The van der Waals surface area contributed by atoms with Gasteiger partial charge in [0, 0.05) is 41.3 Å². The molecule has 2 aromatic rings. The molecule has 0 aliphatic rings. The summed E-state index contributed by atoms with van der Waals surface area (Å²) in [5, 5.41) is 9.82. The fourth-order valence-electron chi connectivity index (χ4n) is 2.18. The van der Waals surface area contributed by atoms with Crippen molar-refractivity contribution in [3.63, 3.8) is 0 Å². The van der Waals surface area contributed by atoms with Crippen molar-refractivity contribution < 1.29 is 9.90 Å². The van der Waals surface area contributed by atoms with Crippen molar-refractivity contribution in [2.24, 2.45) is 0 Å². The van der Waals surface area contributed by atoms with Crippen LogP contribution in [0, 0.1) is 6.92 Å². The fourth-order valence-corrected chi connectivity index (χ4v) is 3.08. The number of carbonyl (C=O) groups excluding carboxylic acids is 1. The second-order valence-corrected chi connectivity index (χ2v) is 6.95. The van der Waals surface area contributed by atoms with Crippen LogP contribution in [0.2, 0.25) is 0 Å². The zero-order valence-electron chi connectivity index (χ0n) is 12.2. The molecule has 4 nitrogen and oxygen atoms in total. The zero-order valence-corrected chi connectivity index (χ0v) is 13.0. The highest BCUT2D eigenvalue weighted by Crippen LogP contribution is 2.31.